The van der Waals surface area contributed by atoms with Crippen LogP contribution >= 0.6 is 0 Å². The molecule has 0 aliphatic heterocycles. The molecule has 2 heterocycles. The van der Waals surface area contributed by atoms with Crippen molar-refractivity contribution in [2.75, 3.05) is 26.2 Å². The first-order valence-corrected chi connectivity index (χ1v) is 17.3. The van der Waals surface area contributed by atoms with Gasteiger partial charge in [-0.15, -0.1) is 0 Å². The van der Waals surface area contributed by atoms with E-state index in [1.54, 1.807) is 25.3 Å². The van der Waals surface area contributed by atoms with E-state index in [1.165, 1.54) is 4.57 Å². The van der Waals surface area contributed by atoms with Crippen LogP contribution in [0.3, 0.4) is 0 Å². The predicted octanol–water partition coefficient (Wildman–Crippen LogP) is 1.95. The number of imidazole rings is 1. The molecule has 3 saturated carbocycles. The molecule has 2 aromatic heterocycles. The van der Waals surface area contributed by atoms with Crippen molar-refractivity contribution in [1.82, 2.24) is 40.4 Å². The molecule has 4 amide bonds. The van der Waals surface area contributed by atoms with Gasteiger partial charge in [0.05, 0.1) is 0 Å². The minimum atomic E-state index is -0.619. The summed E-state index contributed by atoms with van der Waals surface area (Å²) in [5.74, 6) is 0.187. The molecule has 0 spiro atoms. The lowest BCUT2D eigenvalue weighted by molar-refractivity contribution is -0.138. The zero-order valence-electron chi connectivity index (χ0n) is 29.0. The van der Waals surface area contributed by atoms with Crippen LogP contribution in [0.15, 0.2) is 9.59 Å². The van der Waals surface area contributed by atoms with Crippen LogP contribution in [0.4, 0.5) is 4.79 Å². The molecule has 48 heavy (non-hydrogen) atoms. The normalized spacial score (nSPS) is 20.4. The molecule has 266 valence electrons. The molecule has 3 aliphatic carbocycles. The molecule has 5 N–H and O–H groups in total. The number of amides is 4. The molecule has 5 rings (SSSR count). The SMILES string of the molecule is CCCn1c(=O)c2[nH]c(C34CCC(C(=O)NCCNC(=O)CCNC(=O)CCNC(=O)OC(C)(C)C)(CC3)CC4)nc2n(CCC)c1=O. The number of H-pyrrole nitrogens is 1. The number of aromatic nitrogens is 4. The number of aromatic amines is 1. The Balaban J connectivity index is 1.21. The number of rotatable bonds is 15. The number of hydrogen-bond donors (Lipinski definition) is 5. The second-order valence-electron chi connectivity index (χ2n) is 14.1. The molecular formula is C33H52N8O7. The van der Waals surface area contributed by atoms with Crippen molar-refractivity contribution in [1.29, 1.82) is 0 Å². The van der Waals surface area contributed by atoms with E-state index in [2.05, 4.69) is 26.3 Å². The van der Waals surface area contributed by atoms with Crippen molar-refractivity contribution in [3.05, 3.63) is 26.7 Å². The van der Waals surface area contributed by atoms with Crippen molar-refractivity contribution in [2.24, 2.45) is 5.41 Å². The van der Waals surface area contributed by atoms with Gasteiger partial charge >= 0.3 is 11.8 Å². The first kappa shape index (κ1) is 36.7. The molecule has 3 aliphatic rings. The zero-order chi connectivity index (χ0) is 35.1. The average Bonchev–Trinajstić information content (AvgIpc) is 3.50. The van der Waals surface area contributed by atoms with E-state index in [1.807, 2.05) is 13.8 Å². The largest absolute Gasteiger partial charge is 0.444 e. The summed E-state index contributed by atoms with van der Waals surface area (Å²) in [6, 6.07) is 0. The highest BCUT2D eigenvalue weighted by Gasteiger charge is 2.54. The number of fused-ring (bicyclic) bond motifs is 4. The summed E-state index contributed by atoms with van der Waals surface area (Å²) >= 11 is 0. The summed E-state index contributed by atoms with van der Waals surface area (Å²) in [5, 5.41) is 10.9. The summed E-state index contributed by atoms with van der Waals surface area (Å²) in [7, 11) is 0. The van der Waals surface area contributed by atoms with Crippen LogP contribution in [0.25, 0.3) is 11.2 Å². The Morgan fingerprint density at radius 3 is 1.92 bits per heavy atom. The van der Waals surface area contributed by atoms with Gasteiger partial charge in [0.15, 0.2) is 5.65 Å². The average molecular weight is 673 g/mol. The Bertz CT molecular complexity index is 1590. The standard InChI is InChI=1S/C33H52N8O7/c1-6-20-40-25-24(26(44)41(21-7-2)30(40)47)38-27(39-25)32-10-13-33(14-11-32,15-12-32)28(45)36-19-18-35-23(43)8-16-34-22(42)9-17-37-29(46)48-31(3,4)5/h6-21H2,1-5H3,(H,34,42)(H,35,43)(H,36,45)(H,37,46)(H,38,39). The van der Waals surface area contributed by atoms with Crippen LogP contribution < -0.4 is 32.5 Å². The molecule has 0 unspecified atom stereocenters. The second kappa shape index (κ2) is 15.4. The Hall–Kier alpha value is -4.17. The molecule has 15 nitrogen and oxygen atoms in total. The summed E-state index contributed by atoms with van der Waals surface area (Å²) in [6.45, 7) is 10.9. The van der Waals surface area contributed by atoms with Gasteiger partial charge in [-0.25, -0.2) is 14.6 Å². The van der Waals surface area contributed by atoms with Gasteiger partial charge in [0.25, 0.3) is 5.56 Å². The molecule has 15 heteroatoms. The molecule has 0 saturated heterocycles. The van der Waals surface area contributed by atoms with E-state index in [0.29, 0.717) is 56.5 Å². The van der Waals surface area contributed by atoms with Crippen molar-refractivity contribution in [2.45, 2.75) is 123 Å². The number of hydrogen-bond acceptors (Lipinski definition) is 8. The number of aryl methyl sites for hydroxylation is 1. The number of carbonyl (C=O) groups excluding carboxylic acids is 4. The van der Waals surface area contributed by atoms with E-state index in [9.17, 15) is 28.8 Å². The van der Waals surface area contributed by atoms with Gasteiger partial charge in [0.1, 0.15) is 16.9 Å². The number of carbonyl (C=O) groups is 4. The third kappa shape index (κ3) is 8.45. The third-order valence-corrected chi connectivity index (χ3v) is 9.41. The summed E-state index contributed by atoms with van der Waals surface area (Å²) in [5.41, 5.74) is -1.22. The summed E-state index contributed by atoms with van der Waals surface area (Å²) in [4.78, 5) is 83.7. The first-order valence-electron chi connectivity index (χ1n) is 17.3. The van der Waals surface area contributed by atoms with Crippen molar-refractivity contribution in [3.8, 4) is 0 Å². The summed E-state index contributed by atoms with van der Waals surface area (Å²) < 4.78 is 8.02. The minimum absolute atomic E-state index is 0.0128. The van der Waals surface area contributed by atoms with Crippen LogP contribution in [-0.4, -0.2) is 74.7 Å². The fourth-order valence-corrected chi connectivity index (χ4v) is 6.80. The highest BCUT2D eigenvalue weighted by molar-refractivity contribution is 5.83. The van der Waals surface area contributed by atoms with Crippen molar-refractivity contribution < 1.29 is 23.9 Å². The molecule has 0 radical (unpaired) electrons. The van der Waals surface area contributed by atoms with Gasteiger partial charge in [-0.05, 0) is 72.1 Å². The van der Waals surface area contributed by atoms with Crippen LogP contribution in [0, 0.1) is 5.41 Å². The molecular weight excluding hydrogens is 620 g/mol. The van der Waals surface area contributed by atoms with E-state index >= 15 is 0 Å². The first-order chi connectivity index (χ1) is 22.7. The van der Waals surface area contributed by atoms with Gasteiger partial charge in [-0.1, -0.05) is 13.8 Å². The number of nitrogens with zero attached hydrogens (tertiary/aromatic N) is 3. The van der Waals surface area contributed by atoms with Gasteiger partial charge in [-0.3, -0.25) is 28.3 Å². The molecule has 2 bridgehead atoms. The maximum atomic E-state index is 13.3. The third-order valence-electron chi connectivity index (χ3n) is 9.41. The fourth-order valence-electron chi connectivity index (χ4n) is 6.80. The number of alkyl carbamates (subject to hydrolysis) is 1. The predicted molar refractivity (Wildman–Crippen MR) is 180 cm³/mol. The van der Waals surface area contributed by atoms with Crippen LogP contribution in [-0.2, 0) is 37.6 Å². The smallest absolute Gasteiger partial charge is 0.407 e. The molecule has 0 aromatic carbocycles. The lowest BCUT2D eigenvalue weighted by Crippen LogP contribution is -2.52. The second-order valence-corrected chi connectivity index (χ2v) is 14.1. The molecule has 3 fully saturated rings. The van der Waals surface area contributed by atoms with E-state index in [-0.39, 0.29) is 66.9 Å². The fraction of sp³-hybridized carbons (Fsp3) is 0.727. The Labute approximate surface area is 280 Å². The number of nitrogens with one attached hydrogen (secondary N) is 5. The van der Waals surface area contributed by atoms with Gasteiger partial charge in [0, 0.05) is 62.9 Å². The summed E-state index contributed by atoms with van der Waals surface area (Å²) in [6.07, 6.45) is 5.30. The number of ether oxygens (including phenoxy) is 1. The maximum absolute atomic E-state index is 13.3. The Kier molecular flexibility index (Phi) is 11.7. The highest BCUT2D eigenvalue weighted by atomic mass is 16.6. The lowest BCUT2D eigenvalue weighted by atomic mass is 9.53. The van der Waals surface area contributed by atoms with Crippen molar-refractivity contribution in [3.63, 3.8) is 0 Å². The quantitative estimate of drug-likeness (QED) is 0.177. The highest BCUT2D eigenvalue weighted by Crippen LogP contribution is 2.57. The van der Waals surface area contributed by atoms with Gasteiger partial charge in [0.2, 0.25) is 17.7 Å². The van der Waals surface area contributed by atoms with E-state index in [4.69, 9.17) is 9.72 Å². The van der Waals surface area contributed by atoms with E-state index in [0.717, 1.165) is 31.5 Å². The molecule has 0 atom stereocenters. The van der Waals surface area contributed by atoms with Gasteiger partial charge in [-0.2, -0.15) is 0 Å². The lowest BCUT2D eigenvalue weighted by Gasteiger charge is -2.51. The van der Waals surface area contributed by atoms with Gasteiger partial charge < -0.3 is 31.0 Å². The van der Waals surface area contributed by atoms with Crippen LogP contribution in [0.2, 0.25) is 0 Å². The van der Waals surface area contributed by atoms with Crippen LogP contribution in [0.5, 0.6) is 0 Å². The van der Waals surface area contributed by atoms with Crippen LogP contribution in [0.1, 0.15) is 105 Å². The van der Waals surface area contributed by atoms with E-state index < -0.39 is 17.1 Å². The monoisotopic (exact) mass is 672 g/mol. The molecule has 2 aromatic rings. The van der Waals surface area contributed by atoms with Crippen molar-refractivity contribution >= 4 is 35.0 Å². The topological polar surface area (TPSA) is 198 Å². The Morgan fingerprint density at radius 1 is 0.792 bits per heavy atom. The Morgan fingerprint density at radius 2 is 1.33 bits per heavy atom. The minimum Gasteiger partial charge on any atom is -0.444 e. The maximum Gasteiger partial charge on any atom is 0.407 e. The zero-order valence-corrected chi connectivity index (χ0v) is 29.0.